The Labute approximate surface area is 115 Å². The van der Waals surface area contributed by atoms with E-state index < -0.39 is 0 Å². The van der Waals surface area contributed by atoms with Gasteiger partial charge in [-0.2, -0.15) is 0 Å². The molecule has 2 unspecified atom stereocenters. The molecule has 2 rings (SSSR count). The third-order valence-corrected chi connectivity index (χ3v) is 3.88. The number of nitrogens with two attached hydrogens (primary N) is 1. The van der Waals surface area contributed by atoms with Gasteiger partial charge < -0.3 is 11.1 Å². The van der Waals surface area contributed by atoms with Crippen molar-refractivity contribution in [2.24, 2.45) is 5.73 Å². The SMILES string of the molecule is NC1CCCCC1NC(=O)CCCc1ccccc1. The minimum atomic E-state index is 0.145. The lowest BCUT2D eigenvalue weighted by Gasteiger charge is -2.29. The Balaban J connectivity index is 1.67. The summed E-state index contributed by atoms with van der Waals surface area (Å²) in [5.41, 5.74) is 7.33. The monoisotopic (exact) mass is 260 g/mol. The third kappa shape index (κ3) is 4.67. The molecule has 2 atom stereocenters. The summed E-state index contributed by atoms with van der Waals surface area (Å²) in [7, 11) is 0. The molecule has 1 fully saturated rings. The molecule has 3 nitrogen and oxygen atoms in total. The van der Waals surface area contributed by atoms with E-state index in [4.69, 9.17) is 5.73 Å². The van der Waals surface area contributed by atoms with Gasteiger partial charge in [-0.05, 0) is 31.2 Å². The summed E-state index contributed by atoms with van der Waals surface area (Å²) < 4.78 is 0. The van der Waals surface area contributed by atoms with Crippen LogP contribution in [0.5, 0.6) is 0 Å². The summed E-state index contributed by atoms with van der Waals surface area (Å²) in [4.78, 5) is 11.9. The molecule has 3 N–H and O–H groups in total. The number of hydrogen-bond acceptors (Lipinski definition) is 2. The maximum atomic E-state index is 11.9. The second kappa shape index (κ2) is 7.29. The van der Waals surface area contributed by atoms with Crippen molar-refractivity contribution in [3.63, 3.8) is 0 Å². The molecule has 1 aromatic rings. The van der Waals surface area contributed by atoms with Crippen molar-refractivity contribution >= 4 is 5.91 Å². The Morgan fingerprint density at radius 3 is 2.68 bits per heavy atom. The average molecular weight is 260 g/mol. The fraction of sp³-hybridized carbons (Fsp3) is 0.562. The van der Waals surface area contributed by atoms with Crippen molar-refractivity contribution in [2.45, 2.75) is 57.0 Å². The molecule has 0 radical (unpaired) electrons. The van der Waals surface area contributed by atoms with Gasteiger partial charge in [-0.3, -0.25) is 4.79 Å². The lowest BCUT2D eigenvalue weighted by Crippen LogP contribution is -2.49. The van der Waals surface area contributed by atoms with Crippen LogP contribution in [-0.2, 0) is 11.2 Å². The predicted octanol–water partition coefficient (Wildman–Crippen LogP) is 2.40. The Kier molecular flexibility index (Phi) is 5.40. The van der Waals surface area contributed by atoms with E-state index >= 15 is 0 Å². The lowest BCUT2D eigenvalue weighted by atomic mass is 9.91. The van der Waals surface area contributed by atoms with Gasteiger partial charge in [0, 0.05) is 18.5 Å². The maximum absolute atomic E-state index is 11.9. The first-order chi connectivity index (χ1) is 9.25. The van der Waals surface area contributed by atoms with Gasteiger partial charge in [-0.15, -0.1) is 0 Å². The van der Waals surface area contributed by atoms with Crippen LogP contribution in [0.1, 0.15) is 44.1 Å². The number of hydrogen-bond donors (Lipinski definition) is 2. The zero-order valence-corrected chi connectivity index (χ0v) is 11.5. The van der Waals surface area contributed by atoms with Crippen LogP contribution in [0, 0.1) is 0 Å². The molecule has 0 aromatic heterocycles. The first-order valence-electron chi connectivity index (χ1n) is 7.34. The third-order valence-electron chi connectivity index (χ3n) is 3.88. The number of aryl methyl sites for hydroxylation is 1. The van der Waals surface area contributed by atoms with Crippen molar-refractivity contribution in [1.29, 1.82) is 0 Å². The minimum Gasteiger partial charge on any atom is -0.352 e. The summed E-state index contributed by atoms with van der Waals surface area (Å²) in [5.74, 6) is 0.151. The van der Waals surface area contributed by atoms with E-state index in [2.05, 4.69) is 17.4 Å². The van der Waals surface area contributed by atoms with E-state index in [1.165, 1.54) is 18.4 Å². The summed E-state index contributed by atoms with van der Waals surface area (Å²) in [5, 5.41) is 3.09. The first-order valence-corrected chi connectivity index (χ1v) is 7.34. The highest BCUT2D eigenvalue weighted by Crippen LogP contribution is 2.17. The quantitative estimate of drug-likeness (QED) is 0.854. The molecule has 0 aliphatic heterocycles. The molecule has 19 heavy (non-hydrogen) atoms. The van der Waals surface area contributed by atoms with Gasteiger partial charge in [0.05, 0.1) is 0 Å². The van der Waals surface area contributed by atoms with E-state index in [-0.39, 0.29) is 18.0 Å². The van der Waals surface area contributed by atoms with E-state index in [1.54, 1.807) is 0 Å². The molecule has 104 valence electrons. The molecule has 0 bridgehead atoms. The predicted molar refractivity (Wildman–Crippen MR) is 77.8 cm³/mol. The van der Waals surface area contributed by atoms with Gasteiger partial charge in [-0.1, -0.05) is 43.2 Å². The van der Waals surface area contributed by atoms with Crippen molar-refractivity contribution in [2.75, 3.05) is 0 Å². The number of carbonyl (C=O) groups is 1. The van der Waals surface area contributed by atoms with E-state index in [0.717, 1.165) is 25.7 Å². The smallest absolute Gasteiger partial charge is 0.220 e. The normalized spacial score (nSPS) is 23.0. The van der Waals surface area contributed by atoms with E-state index in [0.29, 0.717) is 6.42 Å². The molecule has 0 heterocycles. The number of rotatable bonds is 5. The van der Waals surface area contributed by atoms with Crippen LogP contribution in [0.3, 0.4) is 0 Å². The molecule has 1 saturated carbocycles. The zero-order valence-electron chi connectivity index (χ0n) is 11.5. The van der Waals surface area contributed by atoms with Gasteiger partial charge in [0.1, 0.15) is 0 Å². The van der Waals surface area contributed by atoms with Crippen LogP contribution in [-0.4, -0.2) is 18.0 Å². The highest BCUT2D eigenvalue weighted by atomic mass is 16.1. The number of amides is 1. The highest BCUT2D eigenvalue weighted by molar-refractivity contribution is 5.76. The second-order valence-corrected chi connectivity index (χ2v) is 5.46. The summed E-state index contributed by atoms with van der Waals surface area (Å²) in [6.07, 6.45) is 6.91. The summed E-state index contributed by atoms with van der Waals surface area (Å²) in [6.45, 7) is 0. The molecular formula is C16H24N2O. The average Bonchev–Trinajstić information content (AvgIpc) is 2.43. The van der Waals surface area contributed by atoms with Crippen LogP contribution < -0.4 is 11.1 Å². The molecule has 1 aliphatic rings. The number of nitrogens with one attached hydrogen (secondary N) is 1. The molecule has 3 heteroatoms. The Bertz CT molecular complexity index is 391. The van der Waals surface area contributed by atoms with Crippen LogP contribution in [0.15, 0.2) is 30.3 Å². The van der Waals surface area contributed by atoms with Crippen LogP contribution in [0.2, 0.25) is 0 Å². The maximum Gasteiger partial charge on any atom is 0.220 e. The molecule has 1 aliphatic carbocycles. The Morgan fingerprint density at radius 2 is 1.95 bits per heavy atom. The van der Waals surface area contributed by atoms with E-state index in [9.17, 15) is 4.79 Å². The Morgan fingerprint density at radius 1 is 1.21 bits per heavy atom. The number of benzene rings is 1. The minimum absolute atomic E-state index is 0.145. The van der Waals surface area contributed by atoms with Crippen molar-refractivity contribution < 1.29 is 4.79 Å². The van der Waals surface area contributed by atoms with Crippen LogP contribution in [0.25, 0.3) is 0 Å². The van der Waals surface area contributed by atoms with E-state index in [1.807, 2.05) is 18.2 Å². The van der Waals surface area contributed by atoms with Gasteiger partial charge >= 0.3 is 0 Å². The fourth-order valence-corrected chi connectivity index (χ4v) is 2.72. The van der Waals surface area contributed by atoms with Gasteiger partial charge in [-0.25, -0.2) is 0 Å². The van der Waals surface area contributed by atoms with Gasteiger partial charge in [0.2, 0.25) is 5.91 Å². The molecular weight excluding hydrogens is 236 g/mol. The zero-order chi connectivity index (χ0) is 13.5. The number of carbonyl (C=O) groups excluding carboxylic acids is 1. The van der Waals surface area contributed by atoms with Crippen LogP contribution in [0.4, 0.5) is 0 Å². The fourth-order valence-electron chi connectivity index (χ4n) is 2.72. The van der Waals surface area contributed by atoms with Gasteiger partial charge in [0.15, 0.2) is 0 Å². The van der Waals surface area contributed by atoms with Crippen molar-refractivity contribution in [3.05, 3.63) is 35.9 Å². The van der Waals surface area contributed by atoms with Crippen molar-refractivity contribution in [1.82, 2.24) is 5.32 Å². The topological polar surface area (TPSA) is 55.1 Å². The van der Waals surface area contributed by atoms with Crippen molar-refractivity contribution in [3.8, 4) is 0 Å². The molecule has 1 aromatic carbocycles. The van der Waals surface area contributed by atoms with Crippen LogP contribution >= 0.6 is 0 Å². The standard InChI is InChI=1S/C16H24N2O/c17-14-10-4-5-11-15(14)18-16(19)12-6-9-13-7-2-1-3-8-13/h1-3,7-8,14-15H,4-6,9-12,17H2,(H,18,19). The summed E-state index contributed by atoms with van der Waals surface area (Å²) in [6, 6.07) is 10.6. The van der Waals surface area contributed by atoms with Gasteiger partial charge in [0.25, 0.3) is 0 Å². The second-order valence-electron chi connectivity index (χ2n) is 5.46. The largest absolute Gasteiger partial charge is 0.352 e. The lowest BCUT2D eigenvalue weighted by molar-refractivity contribution is -0.122. The molecule has 1 amide bonds. The first kappa shape index (κ1) is 14.1. The summed E-state index contributed by atoms with van der Waals surface area (Å²) >= 11 is 0. The molecule has 0 saturated heterocycles. The molecule has 0 spiro atoms. The Hall–Kier alpha value is -1.35. The highest BCUT2D eigenvalue weighted by Gasteiger charge is 2.22.